The minimum atomic E-state index is -1.70. The van der Waals surface area contributed by atoms with Crippen LogP contribution in [-0.2, 0) is 16.8 Å². The van der Waals surface area contributed by atoms with Crippen molar-refractivity contribution >= 4 is 21.9 Å². The smallest absolute Gasteiger partial charge is 0.340 e. The highest BCUT2D eigenvalue weighted by molar-refractivity contribution is 9.10. The van der Waals surface area contributed by atoms with E-state index in [4.69, 9.17) is 5.11 Å². The third kappa shape index (κ3) is 1.68. The predicted octanol–water partition coefficient (Wildman–Crippen LogP) is 2.06. The summed E-state index contributed by atoms with van der Waals surface area (Å²) in [5.41, 5.74) is -0.251. The van der Waals surface area contributed by atoms with Crippen LogP contribution in [0.15, 0.2) is 22.7 Å². The summed E-state index contributed by atoms with van der Waals surface area (Å²) in [6.45, 7) is 0. The van der Waals surface area contributed by atoms with Crippen LogP contribution >= 0.6 is 15.9 Å². The quantitative estimate of drug-likeness (QED) is 0.822. The molecule has 0 bridgehead atoms. The molecule has 1 aromatic rings. The molecule has 0 amide bonds. The molecule has 80 valence electrons. The minimum absolute atomic E-state index is 0.289. The molecule has 0 heterocycles. The van der Waals surface area contributed by atoms with Gasteiger partial charge in [0, 0.05) is 4.47 Å². The van der Waals surface area contributed by atoms with E-state index in [0.29, 0.717) is 12.0 Å². The number of carbonyl (C=O) groups is 1. The van der Waals surface area contributed by atoms with E-state index in [9.17, 15) is 9.90 Å². The highest BCUT2D eigenvalue weighted by atomic mass is 79.9. The van der Waals surface area contributed by atoms with Crippen molar-refractivity contribution in [3.05, 3.63) is 33.8 Å². The second kappa shape index (κ2) is 3.61. The second-order valence-corrected chi connectivity index (χ2v) is 4.74. The molecule has 0 radical (unpaired) electrons. The maximum absolute atomic E-state index is 11.1. The van der Waals surface area contributed by atoms with Crippen molar-refractivity contribution in [2.75, 3.05) is 0 Å². The molecule has 2 rings (SSSR count). The molecule has 2 N–H and O–H groups in total. The molecular weight excluding hydrogens is 260 g/mol. The summed E-state index contributed by atoms with van der Waals surface area (Å²) in [5.74, 6) is -1.16. The number of hydrogen-bond acceptors (Lipinski definition) is 2. The van der Waals surface area contributed by atoms with Gasteiger partial charge in [0.2, 0.25) is 0 Å². The molecule has 1 aromatic carbocycles. The maximum Gasteiger partial charge on any atom is 0.340 e. The van der Waals surface area contributed by atoms with Gasteiger partial charge < -0.3 is 10.2 Å². The molecule has 1 aliphatic carbocycles. The van der Waals surface area contributed by atoms with Gasteiger partial charge in [-0.3, -0.25) is 0 Å². The Morgan fingerprint density at radius 2 is 2.20 bits per heavy atom. The molecule has 0 fully saturated rings. The average molecular weight is 271 g/mol. The standard InChI is InChI=1S/C11H11BrO3/c12-8-3-4-9-7(6-8)2-1-5-11(9,15)10(13)14/h3-4,6,15H,1-2,5H2,(H,13,14). The number of carboxylic acids is 1. The van der Waals surface area contributed by atoms with Gasteiger partial charge in [-0.15, -0.1) is 0 Å². The zero-order valence-electron chi connectivity index (χ0n) is 8.03. The molecule has 1 unspecified atom stereocenters. The SMILES string of the molecule is O=C(O)C1(O)CCCc2cc(Br)ccc21. The largest absolute Gasteiger partial charge is 0.479 e. The summed E-state index contributed by atoms with van der Waals surface area (Å²) in [5, 5.41) is 19.1. The lowest BCUT2D eigenvalue weighted by atomic mass is 9.79. The summed E-state index contributed by atoms with van der Waals surface area (Å²) >= 11 is 3.34. The van der Waals surface area contributed by atoms with Crippen molar-refractivity contribution < 1.29 is 15.0 Å². The molecule has 0 aliphatic heterocycles. The number of rotatable bonds is 1. The van der Waals surface area contributed by atoms with E-state index in [1.165, 1.54) is 0 Å². The van der Waals surface area contributed by atoms with E-state index in [0.717, 1.165) is 16.5 Å². The fourth-order valence-corrected chi connectivity index (χ4v) is 2.47. The first kappa shape index (κ1) is 10.6. The summed E-state index contributed by atoms with van der Waals surface area (Å²) < 4.78 is 0.913. The number of aliphatic carboxylic acids is 1. The molecular formula is C11H11BrO3. The van der Waals surface area contributed by atoms with Crippen LogP contribution in [0, 0.1) is 0 Å². The molecule has 0 aromatic heterocycles. The lowest BCUT2D eigenvalue weighted by Crippen LogP contribution is -2.38. The van der Waals surface area contributed by atoms with Gasteiger partial charge in [-0.05, 0) is 42.5 Å². The maximum atomic E-state index is 11.1. The van der Waals surface area contributed by atoms with Gasteiger partial charge in [0.25, 0.3) is 0 Å². The van der Waals surface area contributed by atoms with Gasteiger partial charge in [-0.2, -0.15) is 0 Å². The highest BCUT2D eigenvalue weighted by Gasteiger charge is 2.41. The highest BCUT2D eigenvalue weighted by Crippen LogP contribution is 2.36. The van der Waals surface area contributed by atoms with E-state index in [1.54, 1.807) is 12.1 Å². The predicted molar refractivity (Wildman–Crippen MR) is 58.6 cm³/mol. The summed E-state index contributed by atoms with van der Waals surface area (Å²) in [4.78, 5) is 11.1. The number of hydrogen-bond donors (Lipinski definition) is 2. The summed E-state index contributed by atoms with van der Waals surface area (Å²) in [6.07, 6.45) is 1.81. The molecule has 1 aliphatic rings. The third-order valence-corrected chi connectivity index (χ3v) is 3.34. The number of halogens is 1. The molecule has 4 heteroatoms. The number of aliphatic hydroxyl groups is 1. The van der Waals surface area contributed by atoms with E-state index in [1.807, 2.05) is 6.07 Å². The lowest BCUT2D eigenvalue weighted by molar-refractivity contribution is -0.161. The zero-order chi connectivity index (χ0) is 11.1. The summed E-state index contributed by atoms with van der Waals surface area (Å²) in [6, 6.07) is 5.33. The van der Waals surface area contributed by atoms with Crippen LogP contribution in [0.25, 0.3) is 0 Å². The number of benzene rings is 1. The van der Waals surface area contributed by atoms with Crippen LogP contribution in [0.4, 0.5) is 0 Å². The van der Waals surface area contributed by atoms with Crippen LogP contribution in [-0.4, -0.2) is 16.2 Å². The lowest BCUT2D eigenvalue weighted by Gasteiger charge is -2.30. The summed E-state index contributed by atoms with van der Waals surface area (Å²) in [7, 11) is 0. The van der Waals surface area contributed by atoms with Crippen molar-refractivity contribution in [1.82, 2.24) is 0 Å². The average Bonchev–Trinajstić information content (AvgIpc) is 2.17. The van der Waals surface area contributed by atoms with Crippen LogP contribution < -0.4 is 0 Å². The first-order chi connectivity index (χ1) is 7.04. The van der Waals surface area contributed by atoms with Gasteiger partial charge >= 0.3 is 5.97 Å². The van der Waals surface area contributed by atoms with Crippen molar-refractivity contribution in [2.45, 2.75) is 24.9 Å². The fourth-order valence-electron chi connectivity index (χ4n) is 2.06. The first-order valence-corrected chi connectivity index (χ1v) is 5.58. The topological polar surface area (TPSA) is 57.5 Å². The van der Waals surface area contributed by atoms with Gasteiger partial charge in [-0.1, -0.05) is 22.0 Å². The molecule has 0 spiro atoms. The second-order valence-electron chi connectivity index (χ2n) is 3.82. The van der Waals surface area contributed by atoms with Gasteiger partial charge in [0.1, 0.15) is 0 Å². The van der Waals surface area contributed by atoms with Crippen molar-refractivity contribution in [1.29, 1.82) is 0 Å². The van der Waals surface area contributed by atoms with Crippen LogP contribution in [0.3, 0.4) is 0 Å². The Morgan fingerprint density at radius 1 is 1.47 bits per heavy atom. The van der Waals surface area contributed by atoms with E-state index in [-0.39, 0.29) is 6.42 Å². The van der Waals surface area contributed by atoms with Gasteiger partial charge in [0.15, 0.2) is 5.60 Å². The van der Waals surface area contributed by atoms with E-state index in [2.05, 4.69) is 15.9 Å². The first-order valence-electron chi connectivity index (χ1n) is 4.79. The van der Waals surface area contributed by atoms with Crippen molar-refractivity contribution in [3.8, 4) is 0 Å². The Morgan fingerprint density at radius 3 is 2.87 bits per heavy atom. The molecule has 3 nitrogen and oxygen atoms in total. The molecule has 0 saturated heterocycles. The minimum Gasteiger partial charge on any atom is -0.479 e. The van der Waals surface area contributed by atoms with Crippen LogP contribution in [0.1, 0.15) is 24.0 Å². The van der Waals surface area contributed by atoms with E-state index >= 15 is 0 Å². The Hall–Kier alpha value is -0.870. The van der Waals surface area contributed by atoms with Gasteiger partial charge in [-0.25, -0.2) is 4.79 Å². The Kier molecular flexibility index (Phi) is 2.56. The Labute approximate surface area is 95.9 Å². The Balaban J connectivity index is 2.56. The molecule has 1 atom stereocenters. The zero-order valence-corrected chi connectivity index (χ0v) is 9.62. The molecule has 15 heavy (non-hydrogen) atoms. The number of fused-ring (bicyclic) bond motifs is 1. The third-order valence-electron chi connectivity index (χ3n) is 2.85. The van der Waals surface area contributed by atoms with Crippen LogP contribution in [0.2, 0.25) is 0 Å². The van der Waals surface area contributed by atoms with Crippen molar-refractivity contribution in [2.24, 2.45) is 0 Å². The fraction of sp³-hybridized carbons (Fsp3) is 0.364. The van der Waals surface area contributed by atoms with Crippen molar-refractivity contribution in [3.63, 3.8) is 0 Å². The van der Waals surface area contributed by atoms with Crippen LogP contribution in [0.5, 0.6) is 0 Å². The number of carboxylic acid groups (broad SMARTS) is 1. The number of aryl methyl sites for hydroxylation is 1. The van der Waals surface area contributed by atoms with E-state index < -0.39 is 11.6 Å². The molecule has 0 saturated carbocycles. The van der Waals surface area contributed by atoms with Gasteiger partial charge in [0.05, 0.1) is 0 Å². The normalized spacial score (nSPS) is 24.7. The Bertz CT molecular complexity index is 416. The monoisotopic (exact) mass is 270 g/mol.